The summed E-state index contributed by atoms with van der Waals surface area (Å²) in [7, 11) is 0. The van der Waals surface area contributed by atoms with Gasteiger partial charge in [0, 0.05) is 31.6 Å². The third-order valence-corrected chi connectivity index (χ3v) is 2.60. The van der Waals surface area contributed by atoms with E-state index in [1.807, 2.05) is 12.5 Å². The van der Waals surface area contributed by atoms with Crippen LogP contribution in [0, 0.1) is 0 Å². The zero-order valence-electron chi connectivity index (χ0n) is 8.30. The first kappa shape index (κ1) is 9.68. The van der Waals surface area contributed by atoms with E-state index in [9.17, 15) is 0 Å². The van der Waals surface area contributed by atoms with E-state index in [0.29, 0.717) is 12.1 Å². The van der Waals surface area contributed by atoms with Crippen molar-refractivity contribution in [3.8, 4) is 0 Å². The van der Waals surface area contributed by atoms with E-state index in [4.69, 9.17) is 10.5 Å². The summed E-state index contributed by atoms with van der Waals surface area (Å²) in [5.74, 6) is 0. The highest BCUT2D eigenvalue weighted by Crippen LogP contribution is 2.21. The monoisotopic (exact) mass is 195 g/mol. The van der Waals surface area contributed by atoms with Crippen molar-refractivity contribution in [2.75, 3.05) is 6.61 Å². The van der Waals surface area contributed by atoms with Crippen molar-refractivity contribution in [2.24, 2.45) is 5.73 Å². The Kier molecular flexibility index (Phi) is 3.16. The Labute approximate surface area is 84.1 Å². The maximum Gasteiger partial charge on any atom is 0.0945 e. The molecule has 1 aromatic heterocycles. The first-order valence-corrected chi connectivity index (χ1v) is 5.17. The van der Waals surface area contributed by atoms with Crippen LogP contribution in [0.1, 0.15) is 19.3 Å². The second-order valence-electron chi connectivity index (χ2n) is 3.88. The maximum atomic E-state index is 5.66. The summed E-state index contributed by atoms with van der Waals surface area (Å²) in [6.07, 6.45) is 9.13. The number of aryl methyl sites for hydroxylation is 1. The number of rotatable bonds is 5. The zero-order chi connectivity index (χ0) is 9.80. The smallest absolute Gasteiger partial charge is 0.0945 e. The number of nitrogens with zero attached hydrogens (tertiary/aromatic N) is 2. The zero-order valence-corrected chi connectivity index (χ0v) is 8.30. The van der Waals surface area contributed by atoms with Crippen LogP contribution < -0.4 is 5.73 Å². The largest absolute Gasteiger partial charge is 0.378 e. The second-order valence-corrected chi connectivity index (χ2v) is 3.88. The van der Waals surface area contributed by atoms with Gasteiger partial charge < -0.3 is 15.0 Å². The van der Waals surface area contributed by atoms with Crippen LogP contribution in [0.2, 0.25) is 0 Å². The predicted molar refractivity (Wildman–Crippen MR) is 53.8 cm³/mol. The van der Waals surface area contributed by atoms with Crippen LogP contribution in [0.4, 0.5) is 0 Å². The van der Waals surface area contributed by atoms with Gasteiger partial charge in [0.15, 0.2) is 0 Å². The third kappa shape index (κ3) is 2.56. The van der Waals surface area contributed by atoms with Gasteiger partial charge in [-0.25, -0.2) is 4.98 Å². The molecule has 1 aliphatic carbocycles. The first-order chi connectivity index (χ1) is 6.84. The van der Waals surface area contributed by atoms with E-state index >= 15 is 0 Å². The van der Waals surface area contributed by atoms with Crippen LogP contribution in [0.5, 0.6) is 0 Å². The number of hydrogen-bond donors (Lipinski definition) is 1. The number of imidazole rings is 1. The molecule has 4 nitrogen and oxygen atoms in total. The standard InChI is InChI=1S/C10H17N3O/c11-9-6-10(7-9)14-5-1-3-13-4-2-12-8-13/h2,4,8-10H,1,3,5-7,11H2. The fourth-order valence-electron chi connectivity index (χ4n) is 1.66. The lowest BCUT2D eigenvalue weighted by molar-refractivity contribution is -0.0103. The fourth-order valence-corrected chi connectivity index (χ4v) is 1.66. The quantitative estimate of drug-likeness (QED) is 0.706. The van der Waals surface area contributed by atoms with Gasteiger partial charge in [0.05, 0.1) is 12.4 Å². The fraction of sp³-hybridized carbons (Fsp3) is 0.700. The summed E-state index contributed by atoms with van der Waals surface area (Å²) in [5, 5.41) is 0. The van der Waals surface area contributed by atoms with E-state index in [1.165, 1.54) is 0 Å². The molecule has 2 N–H and O–H groups in total. The molecule has 1 aliphatic rings. The molecule has 0 aliphatic heterocycles. The molecule has 78 valence electrons. The SMILES string of the molecule is NC1CC(OCCCn2ccnc2)C1. The molecule has 0 spiro atoms. The Morgan fingerprint density at radius 3 is 3.00 bits per heavy atom. The molecular weight excluding hydrogens is 178 g/mol. The van der Waals surface area contributed by atoms with Crippen molar-refractivity contribution in [1.29, 1.82) is 0 Å². The van der Waals surface area contributed by atoms with Gasteiger partial charge in [-0.2, -0.15) is 0 Å². The van der Waals surface area contributed by atoms with Crippen LogP contribution in [-0.2, 0) is 11.3 Å². The molecule has 1 saturated carbocycles. The van der Waals surface area contributed by atoms with E-state index in [2.05, 4.69) is 9.55 Å². The average molecular weight is 195 g/mol. The van der Waals surface area contributed by atoms with Crippen molar-refractivity contribution in [1.82, 2.24) is 9.55 Å². The Hall–Kier alpha value is -0.870. The minimum Gasteiger partial charge on any atom is -0.378 e. The van der Waals surface area contributed by atoms with E-state index in [-0.39, 0.29) is 0 Å². The molecule has 0 unspecified atom stereocenters. The molecule has 1 heterocycles. The normalized spacial score (nSPS) is 26.1. The van der Waals surface area contributed by atoms with Crippen molar-refractivity contribution < 1.29 is 4.74 Å². The Morgan fingerprint density at radius 2 is 2.36 bits per heavy atom. The minimum atomic E-state index is 0.383. The molecule has 0 saturated heterocycles. The summed E-state index contributed by atoms with van der Waals surface area (Å²) < 4.78 is 7.70. The number of hydrogen-bond acceptors (Lipinski definition) is 3. The number of nitrogens with two attached hydrogens (primary N) is 1. The molecule has 1 aromatic rings. The topological polar surface area (TPSA) is 53.1 Å². The van der Waals surface area contributed by atoms with Gasteiger partial charge in [0.1, 0.15) is 0 Å². The highest BCUT2D eigenvalue weighted by molar-refractivity contribution is 4.82. The lowest BCUT2D eigenvalue weighted by Crippen LogP contribution is -2.41. The van der Waals surface area contributed by atoms with Gasteiger partial charge in [0.2, 0.25) is 0 Å². The molecule has 0 aromatic carbocycles. The van der Waals surface area contributed by atoms with Crippen LogP contribution in [0.25, 0.3) is 0 Å². The molecule has 1 fully saturated rings. The number of ether oxygens (including phenoxy) is 1. The minimum absolute atomic E-state index is 0.383. The molecular formula is C10H17N3O. The highest BCUT2D eigenvalue weighted by Gasteiger charge is 2.25. The molecule has 0 radical (unpaired) electrons. The van der Waals surface area contributed by atoms with Crippen molar-refractivity contribution in [3.63, 3.8) is 0 Å². The molecule has 0 amide bonds. The van der Waals surface area contributed by atoms with Gasteiger partial charge in [0.25, 0.3) is 0 Å². The Morgan fingerprint density at radius 1 is 1.50 bits per heavy atom. The van der Waals surface area contributed by atoms with Crippen molar-refractivity contribution in [2.45, 2.75) is 38.0 Å². The van der Waals surface area contributed by atoms with Crippen LogP contribution >= 0.6 is 0 Å². The van der Waals surface area contributed by atoms with Gasteiger partial charge in [-0.3, -0.25) is 0 Å². The highest BCUT2D eigenvalue weighted by atomic mass is 16.5. The second kappa shape index (κ2) is 4.57. The predicted octanol–water partition coefficient (Wildman–Crippen LogP) is 0.779. The third-order valence-electron chi connectivity index (χ3n) is 2.60. The Balaban J connectivity index is 1.52. The van der Waals surface area contributed by atoms with Gasteiger partial charge in [-0.1, -0.05) is 0 Å². The van der Waals surface area contributed by atoms with E-state index in [0.717, 1.165) is 32.4 Å². The Bertz CT molecular complexity index is 254. The van der Waals surface area contributed by atoms with Crippen molar-refractivity contribution in [3.05, 3.63) is 18.7 Å². The van der Waals surface area contributed by atoms with E-state index < -0.39 is 0 Å². The van der Waals surface area contributed by atoms with Crippen molar-refractivity contribution >= 4 is 0 Å². The van der Waals surface area contributed by atoms with Crippen LogP contribution in [-0.4, -0.2) is 28.3 Å². The summed E-state index contributed by atoms with van der Waals surface area (Å²) >= 11 is 0. The van der Waals surface area contributed by atoms with Gasteiger partial charge in [-0.15, -0.1) is 0 Å². The molecule has 0 atom stereocenters. The average Bonchev–Trinajstić information content (AvgIpc) is 2.61. The molecule has 4 heteroatoms. The van der Waals surface area contributed by atoms with Crippen LogP contribution in [0.3, 0.4) is 0 Å². The van der Waals surface area contributed by atoms with Crippen LogP contribution in [0.15, 0.2) is 18.7 Å². The lowest BCUT2D eigenvalue weighted by Gasteiger charge is -2.32. The van der Waals surface area contributed by atoms with E-state index in [1.54, 1.807) is 6.20 Å². The van der Waals surface area contributed by atoms with Gasteiger partial charge in [-0.05, 0) is 19.3 Å². The number of aromatic nitrogens is 2. The summed E-state index contributed by atoms with van der Waals surface area (Å²) in [6, 6.07) is 0.383. The summed E-state index contributed by atoms with van der Waals surface area (Å²) in [5.41, 5.74) is 5.66. The molecule has 2 rings (SSSR count). The molecule has 0 bridgehead atoms. The summed E-state index contributed by atoms with van der Waals surface area (Å²) in [4.78, 5) is 3.98. The first-order valence-electron chi connectivity index (χ1n) is 5.17. The lowest BCUT2D eigenvalue weighted by atomic mass is 9.90. The molecule has 14 heavy (non-hydrogen) atoms. The van der Waals surface area contributed by atoms with Gasteiger partial charge >= 0.3 is 0 Å². The summed E-state index contributed by atoms with van der Waals surface area (Å²) in [6.45, 7) is 1.81. The maximum absolute atomic E-state index is 5.66.